The van der Waals surface area contributed by atoms with Crippen LogP contribution in [0.4, 0.5) is 0 Å². The molecule has 0 atom stereocenters. The molecule has 0 aliphatic carbocycles. The second-order valence-electron chi connectivity index (χ2n) is 4.98. The normalized spacial score (nSPS) is 16.4. The second-order valence-corrected chi connectivity index (χ2v) is 4.98. The molecule has 1 aliphatic rings. The summed E-state index contributed by atoms with van der Waals surface area (Å²) in [4.78, 5) is 13.8. The minimum absolute atomic E-state index is 0.112. The molecule has 0 radical (unpaired) electrons. The summed E-state index contributed by atoms with van der Waals surface area (Å²) >= 11 is 0. The van der Waals surface area contributed by atoms with Crippen molar-refractivity contribution in [2.24, 2.45) is 0 Å². The summed E-state index contributed by atoms with van der Waals surface area (Å²) in [6.07, 6.45) is 1.52. The number of rotatable bonds is 4. The zero-order valence-corrected chi connectivity index (χ0v) is 11.3. The molecule has 2 rings (SSSR count). The smallest absolute Gasteiger partial charge is 0.226 e. The number of para-hydroxylation sites is 1. The van der Waals surface area contributed by atoms with Crippen LogP contribution in [0.25, 0.3) is 0 Å². The highest BCUT2D eigenvalue weighted by molar-refractivity contribution is 5.76. The maximum Gasteiger partial charge on any atom is 0.226 e. The van der Waals surface area contributed by atoms with Crippen LogP contribution in [-0.2, 0) is 4.79 Å². The summed E-state index contributed by atoms with van der Waals surface area (Å²) in [6.45, 7) is 3.71. The molecule has 1 N–H and O–H groups in total. The molecule has 1 amide bonds. The number of piperidine rings is 1. The SMILES string of the molecule is Cc1ccccc1OCCC(=O)N1CCC(O)CC1. The van der Waals surface area contributed by atoms with Crippen LogP contribution in [0, 0.1) is 6.92 Å². The van der Waals surface area contributed by atoms with E-state index in [9.17, 15) is 9.90 Å². The summed E-state index contributed by atoms with van der Waals surface area (Å²) in [5, 5.41) is 9.40. The van der Waals surface area contributed by atoms with Gasteiger partial charge in [-0.3, -0.25) is 4.79 Å². The van der Waals surface area contributed by atoms with E-state index in [4.69, 9.17) is 4.74 Å². The molecule has 104 valence electrons. The van der Waals surface area contributed by atoms with Crippen molar-refractivity contribution >= 4 is 5.91 Å². The van der Waals surface area contributed by atoms with Crippen LogP contribution in [0.15, 0.2) is 24.3 Å². The van der Waals surface area contributed by atoms with E-state index in [1.165, 1.54) is 0 Å². The van der Waals surface area contributed by atoms with E-state index in [1.54, 1.807) is 0 Å². The highest BCUT2D eigenvalue weighted by Gasteiger charge is 2.20. The molecular weight excluding hydrogens is 242 g/mol. The fraction of sp³-hybridized carbons (Fsp3) is 0.533. The van der Waals surface area contributed by atoms with Gasteiger partial charge in [-0.2, -0.15) is 0 Å². The summed E-state index contributed by atoms with van der Waals surface area (Å²) in [5.74, 6) is 0.949. The Hall–Kier alpha value is -1.55. The molecule has 19 heavy (non-hydrogen) atoms. The second kappa shape index (κ2) is 6.57. The summed E-state index contributed by atoms with van der Waals surface area (Å²) in [7, 11) is 0. The van der Waals surface area contributed by atoms with Crippen molar-refractivity contribution in [1.82, 2.24) is 4.90 Å². The van der Waals surface area contributed by atoms with Crippen molar-refractivity contribution in [3.05, 3.63) is 29.8 Å². The van der Waals surface area contributed by atoms with Crippen LogP contribution < -0.4 is 4.74 Å². The Balaban J connectivity index is 1.74. The summed E-state index contributed by atoms with van der Waals surface area (Å²) < 4.78 is 5.62. The minimum atomic E-state index is -0.243. The Labute approximate surface area is 114 Å². The van der Waals surface area contributed by atoms with Crippen molar-refractivity contribution in [2.45, 2.75) is 32.3 Å². The van der Waals surface area contributed by atoms with Crippen LogP contribution in [0.1, 0.15) is 24.8 Å². The Kier molecular flexibility index (Phi) is 4.80. The average Bonchev–Trinajstić information content (AvgIpc) is 2.41. The largest absolute Gasteiger partial charge is 0.493 e. The number of aryl methyl sites for hydroxylation is 1. The Bertz CT molecular complexity index is 425. The number of aliphatic hydroxyl groups excluding tert-OH is 1. The molecular formula is C15H21NO3. The standard InChI is InChI=1S/C15H21NO3/c1-12-4-2-3-5-14(12)19-11-8-15(18)16-9-6-13(17)7-10-16/h2-5,13,17H,6-11H2,1H3. The molecule has 0 aromatic heterocycles. The molecule has 1 fully saturated rings. The summed E-state index contributed by atoms with van der Waals surface area (Å²) in [6, 6.07) is 7.79. The van der Waals surface area contributed by atoms with E-state index in [0.29, 0.717) is 39.0 Å². The number of amides is 1. The Morgan fingerprint density at radius 2 is 2.05 bits per heavy atom. The molecule has 0 unspecified atom stereocenters. The van der Waals surface area contributed by atoms with Gasteiger partial charge in [0.1, 0.15) is 5.75 Å². The van der Waals surface area contributed by atoms with E-state index in [2.05, 4.69) is 0 Å². The van der Waals surface area contributed by atoms with Crippen LogP contribution in [-0.4, -0.2) is 41.7 Å². The summed E-state index contributed by atoms with van der Waals surface area (Å²) in [5.41, 5.74) is 1.08. The van der Waals surface area contributed by atoms with E-state index in [1.807, 2.05) is 36.1 Å². The zero-order valence-electron chi connectivity index (χ0n) is 11.3. The van der Waals surface area contributed by atoms with Gasteiger partial charge >= 0.3 is 0 Å². The number of likely N-dealkylation sites (tertiary alicyclic amines) is 1. The molecule has 0 saturated carbocycles. The number of ether oxygens (including phenoxy) is 1. The number of hydrogen-bond acceptors (Lipinski definition) is 3. The number of benzene rings is 1. The number of nitrogens with zero attached hydrogens (tertiary/aromatic N) is 1. The Morgan fingerprint density at radius 1 is 1.37 bits per heavy atom. The Morgan fingerprint density at radius 3 is 2.74 bits per heavy atom. The van der Waals surface area contributed by atoms with Gasteiger partial charge in [-0.1, -0.05) is 18.2 Å². The first kappa shape index (κ1) is 13.9. The fourth-order valence-electron chi connectivity index (χ4n) is 2.24. The van der Waals surface area contributed by atoms with Crippen molar-refractivity contribution in [3.8, 4) is 5.75 Å². The average molecular weight is 263 g/mol. The van der Waals surface area contributed by atoms with E-state index < -0.39 is 0 Å². The maximum atomic E-state index is 11.9. The van der Waals surface area contributed by atoms with E-state index in [-0.39, 0.29) is 12.0 Å². The van der Waals surface area contributed by atoms with Crippen molar-refractivity contribution in [3.63, 3.8) is 0 Å². The molecule has 1 saturated heterocycles. The molecule has 0 bridgehead atoms. The van der Waals surface area contributed by atoms with Gasteiger partial charge in [-0.05, 0) is 31.4 Å². The third-order valence-corrected chi connectivity index (χ3v) is 3.48. The van der Waals surface area contributed by atoms with Crippen LogP contribution in [0.5, 0.6) is 5.75 Å². The minimum Gasteiger partial charge on any atom is -0.493 e. The fourth-order valence-corrected chi connectivity index (χ4v) is 2.24. The third-order valence-electron chi connectivity index (χ3n) is 3.48. The first-order chi connectivity index (χ1) is 9.16. The lowest BCUT2D eigenvalue weighted by molar-refractivity contribution is -0.133. The predicted octanol–water partition coefficient (Wildman–Crippen LogP) is 1.75. The third kappa shape index (κ3) is 3.96. The molecule has 1 heterocycles. The van der Waals surface area contributed by atoms with Gasteiger partial charge in [0.2, 0.25) is 5.91 Å². The highest BCUT2D eigenvalue weighted by atomic mass is 16.5. The number of carbonyl (C=O) groups is 1. The van der Waals surface area contributed by atoms with Crippen LogP contribution in [0.2, 0.25) is 0 Å². The topological polar surface area (TPSA) is 49.8 Å². The zero-order chi connectivity index (χ0) is 13.7. The quantitative estimate of drug-likeness (QED) is 0.900. The molecule has 1 aromatic carbocycles. The lowest BCUT2D eigenvalue weighted by Gasteiger charge is -2.29. The molecule has 0 spiro atoms. The molecule has 4 heteroatoms. The van der Waals surface area contributed by atoms with Gasteiger partial charge in [-0.15, -0.1) is 0 Å². The maximum absolute atomic E-state index is 11.9. The van der Waals surface area contributed by atoms with Crippen LogP contribution in [0.3, 0.4) is 0 Å². The van der Waals surface area contributed by atoms with Gasteiger partial charge in [-0.25, -0.2) is 0 Å². The monoisotopic (exact) mass is 263 g/mol. The van der Waals surface area contributed by atoms with Gasteiger partial charge in [0.05, 0.1) is 19.1 Å². The van der Waals surface area contributed by atoms with Crippen molar-refractivity contribution < 1.29 is 14.6 Å². The predicted molar refractivity (Wildman–Crippen MR) is 73.1 cm³/mol. The molecule has 1 aromatic rings. The van der Waals surface area contributed by atoms with E-state index >= 15 is 0 Å². The van der Waals surface area contributed by atoms with Gasteiger partial charge < -0.3 is 14.7 Å². The molecule has 4 nitrogen and oxygen atoms in total. The first-order valence-electron chi connectivity index (χ1n) is 6.81. The number of aliphatic hydroxyl groups is 1. The van der Waals surface area contributed by atoms with Crippen LogP contribution >= 0.6 is 0 Å². The number of carbonyl (C=O) groups excluding carboxylic acids is 1. The lowest BCUT2D eigenvalue weighted by Crippen LogP contribution is -2.40. The van der Waals surface area contributed by atoms with Gasteiger partial charge in [0.15, 0.2) is 0 Å². The van der Waals surface area contributed by atoms with Crippen molar-refractivity contribution in [2.75, 3.05) is 19.7 Å². The van der Waals surface area contributed by atoms with Gasteiger partial charge in [0, 0.05) is 13.1 Å². The van der Waals surface area contributed by atoms with E-state index in [0.717, 1.165) is 11.3 Å². The van der Waals surface area contributed by atoms with Crippen molar-refractivity contribution in [1.29, 1.82) is 0 Å². The molecule has 1 aliphatic heterocycles. The number of hydrogen-bond donors (Lipinski definition) is 1. The highest BCUT2D eigenvalue weighted by Crippen LogP contribution is 2.16. The first-order valence-corrected chi connectivity index (χ1v) is 6.81. The van der Waals surface area contributed by atoms with Gasteiger partial charge in [0.25, 0.3) is 0 Å². The lowest BCUT2D eigenvalue weighted by atomic mass is 10.1.